The number of nitrogens with one attached hydrogen (secondary N) is 1. The summed E-state index contributed by atoms with van der Waals surface area (Å²) in [6.45, 7) is 2.15. The highest BCUT2D eigenvalue weighted by atomic mass is 79.9. The van der Waals surface area contributed by atoms with Crippen LogP contribution in [0.4, 0.5) is 0 Å². The maximum atomic E-state index is 12.2. The lowest BCUT2D eigenvalue weighted by Gasteiger charge is -2.16. The van der Waals surface area contributed by atoms with Gasteiger partial charge < -0.3 is 16.8 Å². The molecule has 0 saturated heterocycles. The average Bonchev–Trinajstić information content (AvgIpc) is 3.15. The number of aromatic nitrogens is 1. The molecule has 0 aliphatic rings. The van der Waals surface area contributed by atoms with Crippen molar-refractivity contribution < 1.29 is 9.59 Å². The number of halogens is 1. The van der Waals surface area contributed by atoms with Gasteiger partial charge in [-0.3, -0.25) is 9.59 Å². The average molecular weight is 491 g/mol. The zero-order valence-corrected chi connectivity index (χ0v) is 19.3. The summed E-state index contributed by atoms with van der Waals surface area (Å²) in [5.74, 6) is -0.225. The molecule has 0 bridgehead atoms. The summed E-state index contributed by atoms with van der Waals surface area (Å²) in [5.41, 5.74) is 12.6. The second-order valence-corrected chi connectivity index (χ2v) is 8.76. The van der Waals surface area contributed by atoms with Crippen molar-refractivity contribution in [2.75, 3.05) is 6.54 Å². The number of hydrogen-bond acceptors (Lipinski definition) is 5. The Morgan fingerprint density at radius 3 is 2.53 bits per heavy atom. The normalized spacial score (nSPS) is 11.4. The highest BCUT2D eigenvalue weighted by molar-refractivity contribution is 9.10. The van der Waals surface area contributed by atoms with E-state index in [1.807, 2.05) is 42.5 Å². The topological polar surface area (TPSA) is 111 Å². The molecule has 1 heterocycles. The van der Waals surface area contributed by atoms with E-state index in [0.29, 0.717) is 25.8 Å². The quantitative estimate of drug-likeness (QED) is 0.448. The highest BCUT2D eigenvalue weighted by Crippen LogP contribution is 2.26. The van der Waals surface area contributed by atoms with Crippen LogP contribution in [0.25, 0.3) is 10.2 Å². The van der Waals surface area contributed by atoms with Gasteiger partial charge in [0.2, 0.25) is 11.8 Å². The summed E-state index contributed by atoms with van der Waals surface area (Å²) in [7, 11) is 0. The number of carbonyl (C=O) groups excluding carboxylic acids is 2. The van der Waals surface area contributed by atoms with Crippen molar-refractivity contribution >= 4 is 49.3 Å². The third kappa shape index (κ3) is 8.22. The molecule has 0 spiro atoms. The standard InChI is InChI=1S/C19H20BrN3OS.C3H7NO/c20-14-6-7-16-17(11-14)25-19(23-16)9-8-18(24)22-15(12-21)10-13-4-2-1-3-5-13;1-2-3(4)5/h1-7,11,15H,8-10,12,21H2,(H,22,24);2H2,1H3,(H2,4,5). The zero-order valence-electron chi connectivity index (χ0n) is 16.9. The molecule has 1 unspecified atom stereocenters. The first-order chi connectivity index (χ1) is 14.4. The summed E-state index contributed by atoms with van der Waals surface area (Å²) >= 11 is 5.10. The third-order valence-electron chi connectivity index (χ3n) is 4.28. The van der Waals surface area contributed by atoms with Gasteiger partial charge in [0.1, 0.15) is 0 Å². The fourth-order valence-corrected chi connectivity index (χ4v) is 4.18. The van der Waals surface area contributed by atoms with Crippen LogP contribution in [0.1, 0.15) is 30.3 Å². The highest BCUT2D eigenvalue weighted by Gasteiger charge is 2.13. The first-order valence-electron chi connectivity index (χ1n) is 9.77. The van der Waals surface area contributed by atoms with E-state index in [9.17, 15) is 9.59 Å². The zero-order chi connectivity index (χ0) is 21.9. The molecule has 2 aromatic carbocycles. The number of primary amides is 1. The Hall–Kier alpha value is -2.29. The summed E-state index contributed by atoms with van der Waals surface area (Å²) in [6, 6.07) is 16.1. The number of rotatable bonds is 8. The van der Waals surface area contributed by atoms with Crippen molar-refractivity contribution in [2.24, 2.45) is 11.5 Å². The second-order valence-electron chi connectivity index (χ2n) is 6.73. The molecule has 0 fully saturated rings. The van der Waals surface area contributed by atoms with Gasteiger partial charge in [-0.05, 0) is 30.2 Å². The van der Waals surface area contributed by atoms with Gasteiger partial charge in [0.05, 0.1) is 15.2 Å². The number of nitrogens with two attached hydrogens (primary N) is 2. The molecule has 0 aliphatic carbocycles. The van der Waals surface area contributed by atoms with E-state index in [0.717, 1.165) is 26.1 Å². The van der Waals surface area contributed by atoms with E-state index in [4.69, 9.17) is 5.73 Å². The van der Waals surface area contributed by atoms with Crippen molar-refractivity contribution in [3.05, 3.63) is 63.6 Å². The Bertz CT molecular complexity index is 962. The van der Waals surface area contributed by atoms with Gasteiger partial charge >= 0.3 is 0 Å². The van der Waals surface area contributed by atoms with Crippen LogP contribution in [-0.2, 0) is 22.4 Å². The van der Waals surface area contributed by atoms with Crippen molar-refractivity contribution in [1.82, 2.24) is 10.3 Å². The molecule has 6 nitrogen and oxygen atoms in total. The molecule has 8 heteroatoms. The van der Waals surface area contributed by atoms with Gasteiger partial charge in [0.15, 0.2) is 0 Å². The molecule has 1 atom stereocenters. The minimum Gasteiger partial charge on any atom is -0.370 e. The molecule has 0 radical (unpaired) electrons. The van der Waals surface area contributed by atoms with Crippen LogP contribution >= 0.6 is 27.3 Å². The van der Waals surface area contributed by atoms with Gasteiger partial charge in [-0.2, -0.15) is 0 Å². The lowest BCUT2D eigenvalue weighted by atomic mass is 10.1. The minimum atomic E-state index is -0.245. The van der Waals surface area contributed by atoms with Gasteiger partial charge in [0, 0.05) is 36.3 Å². The number of amides is 2. The number of fused-ring (bicyclic) bond motifs is 1. The second kappa shape index (κ2) is 12.4. The van der Waals surface area contributed by atoms with Crippen LogP contribution < -0.4 is 16.8 Å². The van der Waals surface area contributed by atoms with E-state index in [1.54, 1.807) is 18.3 Å². The van der Waals surface area contributed by atoms with E-state index in [-0.39, 0.29) is 17.9 Å². The Kier molecular flexibility index (Phi) is 9.93. The molecule has 0 aliphatic heterocycles. The van der Waals surface area contributed by atoms with Crippen LogP contribution in [-0.4, -0.2) is 29.4 Å². The number of thiazole rings is 1. The van der Waals surface area contributed by atoms with E-state index < -0.39 is 0 Å². The fraction of sp³-hybridized carbons (Fsp3) is 0.318. The van der Waals surface area contributed by atoms with Crippen LogP contribution in [0.15, 0.2) is 53.0 Å². The lowest BCUT2D eigenvalue weighted by Crippen LogP contribution is -2.41. The molecule has 2 amide bonds. The molecule has 30 heavy (non-hydrogen) atoms. The number of carbonyl (C=O) groups is 2. The monoisotopic (exact) mass is 490 g/mol. The van der Waals surface area contributed by atoms with Crippen LogP contribution in [0.5, 0.6) is 0 Å². The Morgan fingerprint density at radius 1 is 1.20 bits per heavy atom. The van der Waals surface area contributed by atoms with Crippen LogP contribution in [0, 0.1) is 0 Å². The summed E-state index contributed by atoms with van der Waals surface area (Å²) < 4.78 is 2.17. The van der Waals surface area contributed by atoms with Gasteiger partial charge in [0.25, 0.3) is 0 Å². The number of nitrogens with zero attached hydrogens (tertiary/aromatic N) is 1. The summed E-state index contributed by atoms with van der Waals surface area (Å²) in [6.07, 6.45) is 2.26. The third-order valence-corrected chi connectivity index (χ3v) is 5.85. The Balaban J connectivity index is 0.000000575. The Morgan fingerprint density at radius 2 is 1.90 bits per heavy atom. The fourth-order valence-electron chi connectivity index (χ4n) is 2.67. The van der Waals surface area contributed by atoms with Gasteiger partial charge in [-0.1, -0.05) is 53.2 Å². The molecule has 3 aromatic rings. The Labute approximate surface area is 189 Å². The summed E-state index contributed by atoms with van der Waals surface area (Å²) in [4.78, 5) is 26.4. The van der Waals surface area contributed by atoms with Crippen LogP contribution in [0.2, 0.25) is 0 Å². The van der Waals surface area contributed by atoms with E-state index >= 15 is 0 Å². The number of benzene rings is 2. The smallest absolute Gasteiger partial charge is 0.220 e. The number of hydrogen-bond donors (Lipinski definition) is 3. The molecule has 1 aromatic heterocycles. The summed E-state index contributed by atoms with van der Waals surface area (Å²) in [5, 5.41) is 4.02. The molecule has 0 saturated carbocycles. The predicted molar refractivity (Wildman–Crippen MR) is 126 cm³/mol. The minimum absolute atomic E-state index is 0.0202. The van der Waals surface area contributed by atoms with E-state index in [2.05, 4.69) is 38.0 Å². The predicted octanol–water partition coefficient (Wildman–Crippen LogP) is 3.56. The molecule has 160 valence electrons. The molecule has 5 N–H and O–H groups in total. The first kappa shape index (κ1) is 24.0. The van der Waals surface area contributed by atoms with Crippen LogP contribution in [0.3, 0.4) is 0 Å². The van der Waals surface area contributed by atoms with Crippen molar-refractivity contribution in [3.8, 4) is 0 Å². The largest absolute Gasteiger partial charge is 0.370 e. The van der Waals surface area contributed by atoms with E-state index in [1.165, 1.54) is 5.56 Å². The first-order valence-corrected chi connectivity index (χ1v) is 11.4. The molecular weight excluding hydrogens is 464 g/mol. The van der Waals surface area contributed by atoms with Gasteiger partial charge in [-0.25, -0.2) is 4.98 Å². The van der Waals surface area contributed by atoms with Crippen molar-refractivity contribution in [3.63, 3.8) is 0 Å². The molecular formula is C22H27BrN4O2S. The SMILES string of the molecule is CCC(N)=O.NCC(Cc1ccccc1)NC(=O)CCc1nc2ccc(Br)cc2s1. The van der Waals surface area contributed by atoms with Gasteiger partial charge in [-0.15, -0.1) is 11.3 Å². The maximum Gasteiger partial charge on any atom is 0.220 e. The maximum absolute atomic E-state index is 12.2. The van der Waals surface area contributed by atoms with Crippen molar-refractivity contribution in [2.45, 2.75) is 38.6 Å². The molecule has 3 rings (SSSR count). The lowest BCUT2D eigenvalue weighted by molar-refractivity contribution is -0.121. The van der Waals surface area contributed by atoms with Crippen molar-refractivity contribution in [1.29, 1.82) is 0 Å². The number of aryl methyl sites for hydroxylation is 1.